The molecule has 1 aromatic rings. The zero-order valence-corrected chi connectivity index (χ0v) is 14.0. The van der Waals surface area contributed by atoms with Gasteiger partial charge in [-0.3, -0.25) is 14.5 Å². The summed E-state index contributed by atoms with van der Waals surface area (Å²) in [5, 5.41) is 5.49. The molecule has 1 atom stereocenters. The van der Waals surface area contributed by atoms with Crippen LogP contribution in [0.2, 0.25) is 0 Å². The highest BCUT2D eigenvalue weighted by Gasteiger charge is 2.26. The van der Waals surface area contributed by atoms with Crippen LogP contribution in [0.3, 0.4) is 0 Å². The van der Waals surface area contributed by atoms with Gasteiger partial charge in [0.25, 0.3) is 0 Å². The monoisotopic (exact) mass is 336 g/mol. The summed E-state index contributed by atoms with van der Waals surface area (Å²) in [6.45, 7) is 4.07. The SMILES string of the molecule is Cc1ccc(NC(=O)CN2CCCC(C(=O)NCCN)C2)cc1F. The van der Waals surface area contributed by atoms with Crippen molar-refractivity contribution in [1.82, 2.24) is 10.2 Å². The Kier molecular flexibility index (Phi) is 6.69. The molecule has 0 aromatic heterocycles. The van der Waals surface area contributed by atoms with Crippen molar-refractivity contribution in [3.63, 3.8) is 0 Å². The number of carbonyl (C=O) groups excluding carboxylic acids is 2. The second-order valence-electron chi connectivity index (χ2n) is 6.17. The molecule has 4 N–H and O–H groups in total. The van der Waals surface area contributed by atoms with Crippen molar-refractivity contribution in [3.05, 3.63) is 29.6 Å². The van der Waals surface area contributed by atoms with Crippen LogP contribution in [0.25, 0.3) is 0 Å². The molecule has 0 bridgehead atoms. The molecule has 1 saturated heterocycles. The number of benzene rings is 1. The van der Waals surface area contributed by atoms with Gasteiger partial charge in [-0.1, -0.05) is 6.07 Å². The Hall–Kier alpha value is -1.99. The third kappa shape index (κ3) is 5.28. The van der Waals surface area contributed by atoms with Gasteiger partial charge in [-0.2, -0.15) is 0 Å². The molecular formula is C17H25FN4O2. The molecule has 0 aliphatic carbocycles. The molecule has 7 heteroatoms. The first-order valence-corrected chi connectivity index (χ1v) is 8.25. The fourth-order valence-corrected chi connectivity index (χ4v) is 2.83. The fourth-order valence-electron chi connectivity index (χ4n) is 2.83. The summed E-state index contributed by atoms with van der Waals surface area (Å²) < 4.78 is 13.5. The number of hydrogen-bond acceptors (Lipinski definition) is 4. The van der Waals surface area contributed by atoms with E-state index in [2.05, 4.69) is 10.6 Å². The first-order chi connectivity index (χ1) is 11.5. The number of rotatable bonds is 6. The minimum Gasteiger partial charge on any atom is -0.355 e. The van der Waals surface area contributed by atoms with E-state index < -0.39 is 0 Å². The zero-order chi connectivity index (χ0) is 17.5. The Labute approximate surface area is 141 Å². The van der Waals surface area contributed by atoms with Crippen LogP contribution in [0.15, 0.2) is 18.2 Å². The molecular weight excluding hydrogens is 311 g/mol. The molecule has 0 saturated carbocycles. The second-order valence-corrected chi connectivity index (χ2v) is 6.17. The Balaban J connectivity index is 1.84. The molecule has 1 fully saturated rings. The Morgan fingerprint density at radius 1 is 1.42 bits per heavy atom. The fraction of sp³-hybridized carbons (Fsp3) is 0.529. The van der Waals surface area contributed by atoms with Crippen molar-refractivity contribution in [1.29, 1.82) is 0 Å². The molecule has 6 nitrogen and oxygen atoms in total. The zero-order valence-electron chi connectivity index (χ0n) is 14.0. The highest BCUT2D eigenvalue weighted by Crippen LogP contribution is 2.17. The molecule has 2 amide bonds. The van der Waals surface area contributed by atoms with Crippen molar-refractivity contribution in [2.45, 2.75) is 19.8 Å². The lowest BCUT2D eigenvalue weighted by molar-refractivity contribution is -0.127. The summed E-state index contributed by atoms with van der Waals surface area (Å²) in [6, 6.07) is 4.62. The molecule has 1 aromatic carbocycles. The van der Waals surface area contributed by atoms with E-state index in [1.807, 2.05) is 4.90 Å². The first kappa shape index (κ1) is 18.4. The summed E-state index contributed by atoms with van der Waals surface area (Å²) in [7, 11) is 0. The molecule has 0 radical (unpaired) electrons. The van der Waals surface area contributed by atoms with Crippen molar-refractivity contribution in [3.8, 4) is 0 Å². The third-order valence-corrected chi connectivity index (χ3v) is 4.14. The number of nitrogens with zero attached hydrogens (tertiary/aromatic N) is 1. The Morgan fingerprint density at radius 2 is 2.21 bits per heavy atom. The standard InChI is InChI=1S/C17H25FN4O2/c1-12-4-5-14(9-15(12)18)21-16(23)11-22-8-2-3-13(10-22)17(24)20-7-6-19/h4-5,9,13H,2-3,6-8,10-11,19H2,1H3,(H,20,24)(H,21,23). The maximum absolute atomic E-state index is 13.5. The van der Waals surface area contributed by atoms with Gasteiger partial charge in [-0.25, -0.2) is 4.39 Å². The van der Waals surface area contributed by atoms with Gasteiger partial charge in [0, 0.05) is 25.3 Å². The van der Waals surface area contributed by atoms with E-state index in [4.69, 9.17) is 5.73 Å². The quantitative estimate of drug-likeness (QED) is 0.719. The van der Waals surface area contributed by atoms with Crippen LogP contribution in [0.4, 0.5) is 10.1 Å². The van der Waals surface area contributed by atoms with E-state index >= 15 is 0 Å². The predicted molar refractivity (Wildman–Crippen MR) is 91.0 cm³/mol. The maximum atomic E-state index is 13.5. The Morgan fingerprint density at radius 3 is 2.92 bits per heavy atom. The van der Waals surface area contributed by atoms with E-state index in [-0.39, 0.29) is 30.1 Å². The summed E-state index contributed by atoms with van der Waals surface area (Å²) in [6.07, 6.45) is 1.69. The van der Waals surface area contributed by atoms with Gasteiger partial charge < -0.3 is 16.4 Å². The Bertz CT molecular complexity index is 594. The largest absolute Gasteiger partial charge is 0.355 e. The van der Waals surface area contributed by atoms with Crippen LogP contribution in [-0.4, -0.2) is 49.4 Å². The number of carbonyl (C=O) groups is 2. The van der Waals surface area contributed by atoms with Gasteiger partial charge in [0.05, 0.1) is 12.5 Å². The summed E-state index contributed by atoms with van der Waals surface area (Å²) >= 11 is 0. The second kappa shape index (κ2) is 8.75. The van der Waals surface area contributed by atoms with Gasteiger partial charge in [-0.15, -0.1) is 0 Å². The van der Waals surface area contributed by atoms with E-state index in [0.717, 1.165) is 19.4 Å². The van der Waals surface area contributed by atoms with Crippen LogP contribution in [0, 0.1) is 18.7 Å². The smallest absolute Gasteiger partial charge is 0.238 e. The lowest BCUT2D eigenvalue weighted by atomic mass is 9.97. The number of amides is 2. The highest BCUT2D eigenvalue weighted by atomic mass is 19.1. The number of nitrogens with two attached hydrogens (primary N) is 1. The molecule has 1 aliphatic rings. The lowest BCUT2D eigenvalue weighted by Crippen LogP contribution is -2.46. The van der Waals surface area contributed by atoms with Crippen molar-refractivity contribution in [2.24, 2.45) is 11.7 Å². The average molecular weight is 336 g/mol. The van der Waals surface area contributed by atoms with E-state index in [1.165, 1.54) is 6.07 Å². The summed E-state index contributed by atoms with van der Waals surface area (Å²) in [5.74, 6) is -0.676. The van der Waals surface area contributed by atoms with Gasteiger partial charge in [-0.05, 0) is 44.0 Å². The van der Waals surface area contributed by atoms with Crippen molar-refractivity contribution in [2.75, 3.05) is 38.0 Å². The van der Waals surface area contributed by atoms with Crippen molar-refractivity contribution >= 4 is 17.5 Å². The maximum Gasteiger partial charge on any atom is 0.238 e. The molecule has 1 aliphatic heterocycles. The van der Waals surface area contributed by atoms with Gasteiger partial charge in [0.2, 0.25) is 11.8 Å². The van der Waals surface area contributed by atoms with Crippen LogP contribution < -0.4 is 16.4 Å². The molecule has 2 rings (SSSR count). The molecule has 0 spiro atoms. The topological polar surface area (TPSA) is 87.5 Å². The number of anilines is 1. The molecule has 1 heterocycles. The van der Waals surface area contributed by atoms with Crippen LogP contribution in [-0.2, 0) is 9.59 Å². The lowest BCUT2D eigenvalue weighted by Gasteiger charge is -2.31. The average Bonchev–Trinajstić information content (AvgIpc) is 2.56. The highest BCUT2D eigenvalue weighted by molar-refractivity contribution is 5.92. The number of nitrogens with one attached hydrogen (secondary N) is 2. The van der Waals surface area contributed by atoms with E-state index in [0.29, 0.717) is 30.9 Å². The number of halogens is 1. The number of piperidine rings is 1. The normalized spacial score (nSPS) is 18.2. The molecule has 132 valence electrons. The summed E-state index contributed by atoms with van der Waals surface area (Å²) in [5.41, 5.74) is 6.37. The van der Waals surface area contributed by atoms with Crippen LogP contribution >= 0.6 is 0 Å². The van der Waals surface area contributed by atoms with Crippen LogP contribution in [0.5, 0.6) is 0 Å². The van der Waals surface area contributed by atoms with E-state index in [1.54, 1.807) is 19.1 Å². The number of hydrogen-bond donors (Lipinski definition) is 3. The van der Waals surface area contributed by atoms with Crippen molar-refractivity contribution < 1.29 is 14.0 Å². The van der Waals surface area contributed by atoms with E-state index in [9.17, 15) is 14.0 Å². The third-order valence-electron chi connectivity index (χ3n) is 4.14. The van der Waals surface area contributed by atoms with Gasteiger partial charge in [0.15, 0.2) is 0 Å². The first-order valence-electron chi connectivity index (χ1n) is 8.25. The minimum atomic E-state index is -0.345. The molecule has 24 heavy (non-hydrogen) atoms. The predicted octanol–water partition coefficient (Wildman–Crippen LogP) is 0.860. The molecule has 1 unspecified atom stereocenters. The number of likely N-dealkylation sites (tertiary alicyclic amines) is 1. The summed E-state index contributed by atoms with van der Waals surface area (Å²) in [4.78, 5) is 26.1. The van der Waals surface area contributed by atoms with Gasteiger partial charge in [0.1, 0.15) is 5.82 Å². The minimum absolute atomic E-state index is 0.00818. The van der Waals surface area contributed by atoms with Gasteiger partial charge >= 0.3 is 0 Å². The van der Waals surface area contributed by atoms with Crippen LogP contribution in [0.1, 0.15) is 18.4 Å². The number of aryl methyl sites for hydroxylation is 1.